The lowest BCUT2D eigenvalue weighted by Gasteiger charge is -2.07. The van der Waals surface area contributed by atoms with E-state index in [2.05, 4.69) is 53.5 Å². The van der Waals surface area contributed by atoms with E-state index in [4.69, 9.17) is 4.42 Å². The highest BCUT2D eigenvalue weighted by Gasteiger charge is 2.18. The third-order valence-corrected chi connectivity index (χ3v) is 4.55. The van der Waals surface area contributed by atoms with Crippen molar-refractivity contribution in [3.8, 4) is 22.5 Å². The molecule has 3 aromatic carbocycles. The summed E-state index contributed by atoms with van der Waals surface area (Å²) in [6.45, 7) is 0. The topological polar surface area (TPSA) is 26.0 Å². The summed E-state index contributed by atoms with van der Waals surface area (Å²) < 4.78 is 6.32. The highest BCUT2D eigenvalue weighted by molar-refractivity contribution is 6.06. The molecule has 2 nitrogen and oxygen atoms in total. The Morgan fingerprint density at radius 2 is 1.44 bits per heavy atom. The van der Waals surface area contributed by atoms with E-state index < -0.39 is 0 Å². The fourth-order valence-electron chi connectivity index (χ4n) is 3.43. The van der Waals surface area contributed by atoms with Gasteiger partial charge in [0.15, 0.2) is 0 Å². The fourth-order valence-corrected chi connectivity index (χ4v) is 3.43. The van der Waals surface area contributed by atoms with Gasteiger partial charge in [-0.05, 0) is 23.8 Å². The van der Waals surface area contributed by atoms with Crippen LogP contribution in [0.4, 0.5) is 0 Å². The smallest absolute Gasteiger partial charge is 0.143 e. The molecule has 2 heterocycles. The first-order valence-corrected chi connectivity index (χ1v) is 8.33. The minimum atomic E-state index is 0.894. The first-order valence-electron chi connectivity index (χ1n) is 8.33. The molecule has 2 heteroatoms. The Bertz CT molecular complexity index is 1180. The average molecular weight is 321 g/mol. The summed E-state index contributed by atoms with van der Waals surface area (Å²) in [5.41, 5.74) is 5.23. The van der Waals surface area contributed by atoms with Crippen molar-refractivity contribution < 1.29 is 4.42 Å². The molecule has 0 unspecified atom stereocenters. The van der Waals surface area contributed by atoms with Crippen LogP contribution in [-0.2, 0) is 0 Å². The lowest BCUT2D eigenvalue weighted by atomic mass is 9.97. The van der Waals surface area contributed by atoms with Crippen LogP contribution in [-0.4, -0.2) is 4.98 Å². The van der Waals surface area contributed by atoms with Crippen LogP contribution in [0.2, 0.25) is 0 Å². The number of furan rings is 1. The fraction of sp³-hybridized carbons (Fsp3) is 0. The van der Waals surface area contributed by atoms with E-state index in [-0.39, 0.29) is 0 Å². The zero-order chi connectivity index (χ0) is 16.6. The van der Waals surface area contributed by atoms with Crippen LogP contribution in [0.1, 0.15) is 0 Å². The molecule has 0 fully saturated rings. The van der Waals surface area contributed by atoms with Crippen LogP contribution in [0.5, 0.6) is 0 Å². The molecule has 0 saturated carbocycles. The predicted molar refractivity (Wildman–Crippen MR) is 102 cm³/mol. The van der Waals surface area contributed by atoms with Crippen LogP contribution >= 0.6 is 0 Å². The Hall–Kier alpha value is -3.39. The molecule has 5 aromatic rings. The second-order valence-corrected chi connectivity index (χ2v) is 6.04. The Balaban J connectivity index is 1.91. The SMILES string of the molecule is c1ccc(-c2c(-c3cccc4ncccc34)oc3ccccc23)cc1. The van der Waals surface area contributed by atoms with Gasteiger partial charge in [-0.2, -0.15) is 0 Å². The van der Waals surface area contributed by atoms with E-state index in [0.717, 1.165) is 44.3 Å². The van der Waals surface area contributed by atoms with Crippen molar-refractivity contribution in [1.29, 1.82) is 0 Å². The number of pyridine rings is 1. The quantitative estimate of drug-likeness (QED) is 0.380. The molecular weight excluding hydrogens is 306 g/mol. The second kappa shape index (κ2) is 5.60. The summed E-state index contributed by atoms with van der Waals surface area (Å²) in [6, 6.07) is 28.9. The van der Waals surface area contributed by atoms with Crippen LogP contribution in [0, 0.1) is 0 Å². The number of fused-ring (bicyclic) bond motifs is 2. The number of nitrogens with zero attached hydrogens (tertiary/aromatic N) is 1. The Kier molecular flexibility index (Phi) is 3.14. The molecule has 0 N–H and O–H groups in total. The van der Waals surface area contributed by atoms with Gasteiger partial charge in [-0.25, -0.2) is 0 Å². The molecule has 0 aliphatic carbocycles. The van der Waals surface area contributed by atoms with E-state index in [9.17, 15) is 0 Å². The first-order chi connectivity index (χ1) is 12.4. The zero-order valence-electron chi connectivity index (χ0n) is 13.5. The van der Waals surface area contributed by atoms with Gasteiger partial charge in [0.2, 0.25) is 0 Å². The number of rotatable bonds is 2. The maximum atomic E-state index is 6.32. The number of aromatic nitrogens is 1. The molecule has 0 aliphatic rings. The summed E-state index contributed by atoms with van der Waals surface area (Å²) in [4.78, 5) is 4.48. The molecule has 2 aromatic heterocycles. The molecule has 25 heavy (non-hydrogen) atoms. The maximum Gasteiger partial charge on any atom is 0.143 e. The minimum Gasteiger partial charge on any atom is -0.455 e. The number of para-hydroxylation sites is 1. The number of hydrogen-bond acceptors (Lipinski definition) is 2. The highest BCUT2D eigenvalue weighted by Crippen LogP contribution is 2.42. The summed E-state index contributed by atoms with van der Waals surface area (Å²) in [7, 11) is 0. The standard InChI is InChI=1S/C23H15NO/c1-2-8-16(9-3-1)22-19-10-4-5-14-21(19)25-23(22)18-11-6-13-20-17(18)12-7-15-24-20/h1-15H. The van der Waals surface area contributed by atoms with Gasteiger partial charge in [0.1, 0.15) is 11.3 Å². The Labute approximate surface area is 145 Å². The Morgan fingerprint density at radius 3 is 2.36 bits per heavy atom. The van der Waals surface area contributed by atoms with Gasteiger partial charge in [0.05, 0.1) is 5.52 Å². The normalized spacial score (nSPS) is 11.2. The molecule has 0 atom stereocenters. The van der Waals surface area contributed by atoms with Crippen LogP contribution in [0.15, 0.2) is 95.5 Å². The lowest BCUT2D eigenvalue weighted by Crippen LogP contribution is -1.84. The highest BCUT2D eigenvalue weighted by atomic mass is 16.3. The van der Waals surface area contributed by atoms with Crippen molar-refractivity contribution in [2.45, 2.75) is 0 Å². The van der Waals surface area contributed by atoms with E-state index >= 15 is 0 Å². The summed E-state index contributed by atoms with van der Waals surface area (Å²) in [5, 5.41) is 2.23. The summed E-state index contributed by atoms with van der Waals surface area (Å²) in [5.74, 6) is 0.894. The third kappa shape index (κ3) is 2.23. The number of benzene rings is 3. The average Bonchev–Trinajstić information content (AvgIpc) is 3.07. The molecule has 5 rings (SSSR count). The van der Waals surface area contributed by atoms with Crippen molar-refractivity contribution in [2.75, 3.05) is 0 Å². The van der Waals surface area contributed by atoms with Gasteiger partial charge < -0.3 is 4.42 Å². The van der Waals surface area contributed by atoms with Crippen molar-refractivity contribution >= 4 is 21.9 Å². The van der Waals surface area contributed by atoms with Crippen LogP contribution < -0.4 is 0 Å². The van der Waals surface area contributed by atoms with Gasteiger partial charge in [0.25, 0.3) is 0 Å². The van der Waals surface area contributed by atoms with E-state index in [0.29, 0.717) is 0 Å². The maximum absolute atomic E-state index is 6.32. The number of hydrogen-bond donors (Lipinski definition) is 0. The van der Waals surface area contributed by atoms with E-state index in [1.807, 2.05) is 42.6 Å². The summed E-state index contributed by atoms with van der Waals surface area (Å²) >= 11 is 0. The Morgan fingerprint density at radius 1 is 0.640 bits per heavy atom. The van der Waals surface area contributed by atoms with Gasteiger partial charge in [-0.3, -0.25) is 4.98 Å². The summed E-state index contributed by atoms with van der Waals surface area (Å²) in [6.07, 6.45) is 1.82. The van der Waals surface area contributed by atoms with Crippen molar-refractivity contribution in [2.24, 2.45) is 0 Å². The molecule has 0 radical (unpaired) electrons. The zero-order valence-corrected chi connectivity index (χ0v) is 13.5. The largest absolute Gasteiger partial charge is 0.455 e. The van der Waals surface area contributed by atoms with Crippen LogP contribution in [0.25, 0.3) is 44.3 Å². The van der Waals surface area contributed by atoms with Crippen molar-refractivity contribution in [1.82, 2.24) is 4.98 Å². The van der Waals surface area contributed by atoms with Crippen molar-refractivity contribution in [3.63, 3.8) is 0 Å². The molecule has 0 bridgehead atoms. The van der Waals surface area contributed by atoms with Crippen LogP contribution in [0.3, 0.4) is 0 Å². The minimum absolute atomic E-state index is 0.894. The first kappa shape index (κ1) is 14.0. The van der Waals surface area contributed by atoms with Gasteiger partial charge in [-0.15, -0.1) is 0 Å². The van der Waals surface area contributed by atoms with Gasteiger partial charge in [0, 0.05) is 28.1 Å². The monoisotopic (exact) mass is 321 g/mol. The molecule has 0 spiro atoms. The third-order valence-electron chi connectivity index (χ3n) is 4.55. The van der Waals surface area contributed by atoms with Gasteiger partial charge in [-0.1, -0.05) is 66.7 Å². The second-order valence-electron chi connectivity index (χ2n) is 6.04. The molecule has 118 valence electrons. The predicted octanol–water partition coefficient (Wildman–Crippen LogP) is 6.32. The van der Waals surface area contributed by atoms with Crippen molar-refractivity contribution in [3.05, 3.63) is 91.1 Å². The molecule has 0 saturated heterocycles. The van der Waals surface area contributed by atoms with E-state index in [1.165, 1.54) is 0 Å². The van der Waals surface area contributed by atoms with E-state index in [1.54, 1.807) is 0 Å². The molecule has 0 aliphatic heterocycles. The lowest BCUT2D eigenvalue weighted by molar-refractivity contribution is 0.633. The molecule has 0 amide bonds. The molecular formula is C23H15NO. The van der Waals surface area contributed by atoms with Gasteiger partial charge >= 0.3 is 0 Å².